The molecule has 144 valence electrons. The lowest BCUT2D eigenvalue weighted by Gasteiger charge is -2.17. The zero-order valence-electron chi connectivity index (χ0n) is 16.4. The van der Waals surface area contributed by atoms with Gasteiger partial charge in [0, 0.05) is 20.1 Å². The van der Waals surface area contributed by atoms with Crippen LogP contribution in [0, 0.1) is 0 Å². The molecule has 3 rings (SSSR count). The Labute approximate surface area is 159 Å². The number of rotatable bonds is 8. The van der Waals surface area contributed by atoms with Crippen molar-refractivity contribution in [1.29, 1.82) is 0 Å². The van der Waals surface area contributed by atoms with Crippen LogP contribution in [-0.2, 0) is 16.2 Å². The molecule has 0 aliphatic heterocycles. The molecule has 0 bridgehead atoms. The largest absolute Gasteiger partial charge is 0.491 e. The molecule has 0 saturated heterocycles. The highest BCUT2D eigenvalue weighted by molar-refractivity contribution is 6.76. The van der Waals surface area contributed by atoms with Gasteiger partial charge in [0.1, 0.15) is 12.3 Å². The second-order valence-electron chi connectivity index (χ2n) is 7.65. The quantitative estimate of drug-likeness (QED) is 0.247. The van der Waals surface area contributed by atoms with Crippen molar-refractivity contribution >= 4 is 35.8 Å². The van der Waals surface area contributed by atoms with Gasteiger partial charge < -0.3 is 13.9 Å². The third kappa shape index (κ3) is 4.14. The Morgan fingerprint density at radius 3 is 2.74 bits per heavy atom. The lowest BCUT2D eigenvalue weighted by Crippen LogP contribution is -2.22. The number of benzene rings is 1. The zero-order chi connectivity index (χ0) is 19.6. The summed E-state index contributed by atoms with van der Waals surface area (Å²) in [4.78, 5) is 16.9. The van der Waals surface area contributed by atoms with Gasteiger partial charge >= 0.3 is 5.63 Å². The maximum Gasteiger partial charge on any atom is 0.364 e. The molecule has 2 heterocycles. The van der Waals surface area contributed by atoms with Crippen molar-refractivity contribution in [2.24, 2.45) is 0 Å². The van der Waals surface area contributed by atoms with Gasteiger partial charge in [-0.15, -0.1) is 0 Å². The van der Waals surface area contributed by atoms with E-state index in [0.717, 1.165) is 11.4 Å². The van der Waals surface area contributed by atoms with Crippen LogP contribution in [0.2, 0.25) is 25.7 Å². The fraction of sp³-hybridized carbons (Fsp3) is 0.400. The van der Waals surface area contributed by atoms with E-state index in [4.69, 9.17) is 13.9 Å². The molecular formula is C20H26N2O4Si. The van der Waals surface area contributed by atoms with Gasteiger partial charge in [-0.2, -0.15) is 0 Å². The fourth-order valence-electron chi connectivity index (χ4n) is 2.88. The van der Waals surface area contributed by atoms with Crippen molar-refractivity contribution in [1.82, 2.24) is 9.55 Å². The van der Waals surface area contributed by atoms with E-state index in [9.17, 15) is 4.79 Å². The van der Waals surface area contributed by atoms with Gasteiger partial charge in [0.15, 0.2) is 17.1 Å². The molecule has 0 spiro atoms. The number of hydrogen-bond acceptors (Lipinski definition) is 5. The van der Waals surface area contributed by atoms with E-state index in [1.54, 1.807) is 6.07 Å². The molecule has 0 aliphatic rings. The summed E-state index contributed by atoms with van der Waals surface area (Å²) in [6.07, 6.45) is 0. The SMILES string of the molecule is C=C(OCC)c1nc2c(=O)oc3ccccc3c2n1COCC[Si](C)(C)C. The van der Waals surface area contributed by atoms with Crippen molar-refractivity contribution in [3.05, 3.63) is 47.1 Å². The summed E-state index contributed by atoms with van der Waals surface area (Å²) >= 11 is 0. The fourth-order valence-corrected chi connectivity index (χ4v) is 3.64. The molecule has 0 N–H and O–H groups in total. The molecule has 0 saturated carbocycles. The average Bonchev–Trinajstić information content (AvgIpc) is 2.99. The van der Waals surface area contributed by atoms with Crippen LogP contribution in [-0.4, -0.2) is 30.8 Å². The highest BCUT2D eigenvalue weighted by Gasteiger charge is 2.21. The van der Waals surface area contributed by atoms with Crippen LogP contribution in [0.25, 0.3) is 27.8 Å². The van der Waals surface area contributed by atoms with E-state index in [1.807, 2.05) is 29.7 Å². The number of imidazole rings is 1. The summed E-state index contributed by atoms with van der Waals surface area (Å²) in [5, 5.41) is 0.809. The summed E-state index contributed by atoms with van der Waals surface area (Å²) < 4.78 is 18.8. The Morgan fingerprint density at radius 2 is 2.04 bits per heavy atom. The first-order chi connectivity index (χ1) is 12.8. The smallest absolute Gasteiger partial charge is 0.364 e. The molecule has 0 aliphatic carbocycles. The molecular weight excluding hydrogens is 360 g/mol. The third-order valence-corrected chi connectivity index (χ3v) is 5.99. The lowest BCUT2D eigenvalue weighted by molar-refractivity contribution is 0.0885. The first kappa shape index (κ1) is 19.4. The van der Waals surface area contributed by atoms with Crippen molar-refractivity contribution < 1.29 is 13.9 Å². The molecule has 0 atom stereocenters. The normalized spacial score (nSPS) is 12.0. The Morgan fingerprint density at radius 1 is 1.30 bits per heavy atom. The Balaban J connectivity index is 2.10. The standard InChI is InChI=1S/C20H26N2O4Si/c1-6-25-14(2)19-21-17-18(22(19)13-24-11-12-27(3,4)5)15-9-7-8-10-16(15)26-20(17)23/h7-10H,2,6,11-13H2,1,3-5H3. The molecule has 1 aromatic carbocycles. The Bertz CT molecular complexity index is 1030. The van der Waals surface area contributed by atoms with E-state index in [2.05, 4.69) is 31.2 Å². The van der Waals surface area contributed by atoms with Crippen LogP contribution in [0.4, 0.5) is 0 Å². The molecule has 3 aromatic rings. The molecule has 2 aromatic heterocycles. The second kappa shape index (κ2) is 7.70. The molecule has 7 heteroatoms. The van der Waals surface area contributed by atoms with Crippen LogP contribution in [0.3, 0.4) is 0 Å². The number of fused-ring (bicyclic) bond motifs is 3. The zero-order valence-corrected chi connectivity index (χ0v) is 17.4. The predicted molar refractivity (Wildman–Crippen MR) is 111 cm³/mol. The van der Waals surface area contributed by atoms with Crippen LogP contribution in [0.5, 0.6) is 0 Å². The highest BCUT2D eigenvalue weighted by atomic mass is 28.3. The molecule has 0 radical (unpaired) electrons. The summed E-state index contributed by atoms with van der Waals surface area (Å²) in [5.74, 6) is 0.898. The second-order valence-corrected chi connectivity index (χ2v) is 13.3. The topological polar surface area (TPSA) is 66.5 Å². The first-order valence-electron chi connectivity index (χ1n) is 9.13. The van der Waals surface area contributed by atoms with Gasteiger partial charge in [0.25, 0.3) is 0 Å². The van der Waals surface area contributed by atoms with Crippen molar-refractivity contribution in [2.75, 3.05) is 13.2 Å². The van der Waals surface area contributed by atoms with Crippen molar-refractivity contribution in [3.8, 4) is 0 Å². The summed E-state index contributed by atoms with van der Waals surface area (Å²) in [5.41, 5.74) is 0.992. The highest BCUT2D eigenvalue weighted by Crippen LogP contribution is 2.27. The van der Waals surface area contributed by atoms with Gasteiger partial charge in [0.2, 0.25) is 0 Å². The monoisotopic (exact) mass is 386 g/mol. The predicted octanol–water partition coefficient (Wildman–Crippen LogP) is 4.46. The number of ether oxygens (including phenoxy) is 2. The van der Waals surface area contributed by atoms with E-state index < -0.39 is 13.7 Å². The maximum absolute atomic E-state index is 12.5. The Hall–Kier alpha value is -2.38. The van der Waals surface area contributed by atoms with Gasteiger partial charge in [0.05, 0.1) is 12.1 Å². The summed E-state index contributed by atoms with van der Waals surface area (Å²) in [6.45, 7) is 14.2. The minimum Gasteiger partial charge on any atom is -0.491 e. The van der Waals surface area contributed by atoms with E-state index in [1.165, 1.54) is 0 Å². The van der Waals surface area contributed by atoms with Crippen LogP contribution in [0.1, 0.15) is 12.7 Å². The minimum absolute atomic E-state index is 0.262. The molecule has 0 amide bonds. The number of para-hydroxylation sites is 1. The molecule has 6 nitrogen and oxygen atoms in total. The van der Waals surface area contributed by atoms with Crippen molar-refractivity contribution in [3.63, 3.8) is 0 Å². The first-order valence-corrected chi connectivity index (χ1v) is 12.8. The van der Waals surface area contributed by atoms with Crippen LogP contribution < -0.4 is 5.63 Å². The van der Waals surface area contributed by atoms with Gasteiger partial charge in [-0.25, -0.2) is 9.78 Å². The van der Waals surface area contributed by atoms with E-state index in [0.29, 0.717) is 35.9 Å². The Kier molecular flexibility index (Phi) is 5.52. The number of aromatic nitrogens is 2. The average molecular weight is 387 g/mol. The van der Waals surface area contributed by atoms with Crippen LogP contribution in [0.15, 0.2) is 40.1 Å². The van der Waals surface area contributed by atoms with Crippen molar-refractivity contribution in [2.45, 2.75) is 39.3 Å². The molecule has 27 heavy (non-hydrogen) atoms. The summed E-state index contributed by atoms with van der Waals surface area (Å²) in [6, 6.07) is 8.49. The van der Waals surface area contributed by atoms with E-state index >= 15 is 0 Å². The van der Waals surface area contributed by atoms with Gasteiger partial charge in [-0.3, -0.25) is 4.57 Å². The van der Waals surface area contributed by atoms with E-state index in [-0.39, 0.29) is 12.2 Å². The number of nitrogens with zero attached hydrogens (tertiary/aromatic N) is 2. The summed E-state index contributed by atoms with van der Waals surface area (Å²) in [7, 11) is -1.19. The lowest BCUT2D eigenvalue weighted by atomic mass is 10.2. The van der Waals surface area contributed by atoms with Gasteiger partial charge in [-0.05, 0) is 25.1 Å². The molecule has 0 unspecified atom stereocenters. The minimum atomic E-state index is -1.19. The number of hydrogen-bond donors (Lipinski definition) is 0. The molecule has 0 fully saturated rings. The van der Waals surface area contributed by atoms with Crippen LogP contribution >= 0.6 is 0 Å². The third-order valence-electron chi connectivity index (χ3n) is 4.29. The van der Waals surface area contributed by atoms with Gasteiger partial charge in [-0.1, -0.05) is 38.4 Å². The maximum atomic E-state index is 12.5.